The maximum Gasteiger partial charge on any atom is 0.350 e. The van der Waals surface area contributed by atoms with Crippen LogP contribution < -0.4 is 4.80 Å². The zero-order valence-electron chi connectivity index (χ0n) is 19.0. The SMILES string of the molecule is CCOC(=O)c1sc(=NC(=O)c2ccc(S(=O)(=O)N3C[C@@H](C)C[C@H](C)C3)cc2)n(C)c1C. The summed E-state index contributed by atoms with van der Waals surface area (Å²) in [5.41, 5.74) is 0.930. The van der Waals surface area contributed by atoms with Crippen LogP contribution in [0.1, 0.15) is 52.9 Å². The van der Waals surface area contributed by atoms with Crippen LogP contribution in [0.2, 0.25) is 0 Å². The molecule has 10 heteroatoms. The first-order valence-electron chi connectivity index (χ1n) is 10.6. The van der Waals surface area contributed by atoms with Crippen LogP contribution in [0.3, 0.4) is 0 Å². The van der Waals surface area contributed by atoms with Crippen molar-refractivity contribution in [1.82, 2.24) is 8.87 Å². The number of benzene rings is 1. The Kier molecular flexibility index (Phi) is 7.36. The molecule has 1 amide bonds. The molecule has 0 saturated carbocycles. The third kappa shape index (κ3) is 5.02. The number of carbonyl (C=O) groups excluding carboxylic acids is 2. The average Bonchev–Trinajstić information content (AvgIpc) is 3.02. The van der Waals surface area contributed by atoms with Crippen molar-refractivity contribution in [3.05, 3.63) is 45.2 Å². The van der Waals surface area contributed by atoms with E-state index >= 15 is 0 Å². The van der Waals surface area contributed by atoms with E-state index in [9.17, 15) is 18.0 Å². The van der Waals surface area contributed by atoms with Gasteiger partial charge in [-0.3, -0.25) is 4.79 Å². The normalized spacial score (nSPS) is 20.3. The molecule has 0 N–H and O–H groups in total. The number of rotatable bonds is 5. The molecule has 174 valence electrons. The average molecular weight is 480 g/mol. The number of sulfonamides is 1. The van der Waals surface area contributed by atoms with E-state index in [0.717, 1.165) is 17.8 Å². The lowest BCUT2D eigenvalue weighted by Crippen LogP contribution is -2.42. The van der Waals surface area contributed by atoms with Gasteiger partial charge in [0.15, 0.2) is 4.80 Å². The van der Waals surface area contributed by atoms with Gasteiger partial charge in [-0.25, -0.2) is 13.2 Å². The Bertz CT molecular complexity index is 1170. The van der Waals surface area contributed by atoms with Gasteiger partial charge in [0.05, 0.1) is 11.5 Å². The van der Waals surface area contributed by atoms with Crippen LogP contribution in [0, 0.1) is 18.8 Å². The Labute approximate surface area is 192 Å². The second-order valence-corrected chi connectivity index (χ2v) is 11.2. The van der Waals surface area contributed by atoms with Crippen LogP contribution in [-0.2, 0) is 21.8 Å². The molecule has 8 nitrogen and oxygen atoms in total. The van der Waals surface area contributed by atoms with Crippen LogP contribution in [0.5, 0.6) is 0 Å². The second-order valence-electron chi connectivity index (χ2n) is 8.29. The highest BCUT2D eigenvalue weighted by atomic mass is 32.2. The third-order valence-corrected chi connectivity index (χ3v) is 8.60. The van der Waals surface area contributed by atoms with E-state index in [1.54, 1.807) is 25.5 Å². The number of carbonyl (C=O) groups is 2. The van der Waals surface area contributed by atoms with Gasteiger partial charge in [-0.1, -0.05) is 25.2 Å². The highest BCUT2D eigenvalue weighted by Crippen LogP contribution is 2.26. The molecular formula is C22H29N3O5S2. The summed E-state index contributed by atoms with van der Waals surface area (Å²) in [6.07, 6.45) is 1.01. The molecule has 0 spiro atoms. The molecule has 1 aliphatic heterocycles. The molecule has 1 aliphatic rings. The number of hydrogen-bond acceptors (Lipinski definition) is 6. The Morgan fingerprint density at radius 3 is 2.31 bits per heavy atom. The molecule has 2 atom stereocenters. The number of thiazole rings is 1. The number of amides is 1. The number of hydrogen-bond donors (Lipinski definition) is 0. The number of piperidine rings is 1. The minimum absolute atomic E-state index is 0.164. The molecule has 1 aromatic carbocycles. The lowest BCUT2D eigenvalue weighted by Gasteiger charge is -2.34. The van der Waals surface area contributed by atoms with Gasteiger partial charge >= 0.3 is 5.97 Å². The van der Waals surface area contributed by atoms with Gasteiger partial charge in [-0.15, -0.1) is 0 Å². The molecule has 1 saturated heterocycles. The maximum absolute atomic E-state index is 13.0. The van der Waals surface area contributed by atoms with E-state index in [-0.39, 0.29) is 17.1 Å². The van der Waals surface area contributed by atoms with Crippen molar-refractivity contribution in [1.29, 1.82) is 0 Å². The van der Waals surface area contributed by atoms with Crippen LogP contribution in [-0.4, -0.2) is 48.9 Å². The highest BCUT2D eigenvalue weighted by Gasteiger charge is 2.31. The molecule has 1 fully saturated rings. The van der Waals surface area contributed by atoms with E-state index in [1.807, 2.05) is 0 Å². The molecule has 3 rings (SSSR count). The van der Waals surface area contributed by atoms with Gasteiger partial charge in [0.2, 0.25) is 10.0 Å². The molecule has 0 bridgehead atoms. The summed E-state index contributed by atoms with van der Waals surface area (Å²) in [6.45, 7) is 8.86. The van der Waals surface area contributed by atoms with Gasteiger partial charge in [-0.2, -0.15) is 9.30 Å². The molecule has 0 aliphatic carbocycles. The van der Waals surface area contributed by atoms with Crippen molar-refractivity contribution in [2.45, 2.75) is 39.0 Å². The number of ether oxygens (including phenoxy) is 1. The fraction of sp³-hybridized carbons (Fsp3) is 0.500. The second kappa shape index (κ2) is 9.68. The quantitative estimate of drug-likeness (QED) is 0.614. The lowest BCUT2D eigenvalue weighted by atomic mass is 9.94. The van der Waals surface area contributed by atoms with Crippen LogP contribution in [0.4, 0.5) is 0 Å². The summed E-state index contributed by atoms with van der Waals surface area (Å²) >= 11 is 1.08. The monoisotopic (exact) mass is 479 g/mol. The van der Waals surface area contributed by atoms with Crippen LogP contribution in [0.25, 0.3) is 0 Å². The summed E-state index contributed by atoms with van der Waals surface area (Å²) in [5, 5.41) is 0. The zero-order chi connectivity index (χ0) is 23.6. The Morgan fingerprint density at radius 1 is 1.16 bits per heavy atom. The molecular weight excluding hydrogens is 450 g/mol. The predicted molar refractivity (Wildman–Crippen MR) is 122 cm³/mol. The van der Waals surface area contributed by atoms with Crippen molar-refractivity contribution in [3.8, 4) is 0 Å². The van der Waals surface area contributed by atoms with E-state index in [4.69, 9.17) is 4.74 Å². The number of esters is 1. The van der Waals surface area contributed by atoms with Crippen LogP contribution >= 0.6 is 11.3 Å². The minimum Gasteiger partial charge on any atom is -0.462 e. The molecule has 0 radical (unpaired) electrons. The summed E-state index contributed by atoms with van der Waals surface area (Å²) in [6, 6.07) is 5.85. The van der Waals surface area contributed by atoms with E-state index in [1.165, 1.54) is 28.6 Å². The Hall–Kier alpha value is -2.30. The lowest BCUT2D eigenvalue weighted by molar-refractivity contribution is 0.0530. The summed E-state index contributed by atoms with van der Waals surface area (Å²) in [4.78, 5) is 29.8. The van der Waals surface area contributed by atoms with E-state index < -0.39 is 21.9 Å². The first-order valence-corrected chi connectivity index (χ1v) is 12.8. The third-order valence-electron chi connectivity index (χ3n) is 5.54. The summed E-state index contributed by atoms with van der Waals surface area (Å²) < 4.78 is 34.3. The largest absolute Gasteiger partial charge is 0.462 e. The summed E-state index contributed by atoms with van der Waals surface area (Å²) in [5.74, 6) is -0.345. The van der Waals surface area contributed by atoms with Crippen molar-refractivity contribution < 1.29 is 22.7 Å². The van der Waals surface area contributed by atoms with Gasteiger partial charge in [0, 0.05) is 31.4 Å². The van der Waals surface area contributed by atoms with Gasteiger partial charge < -0.3 is 9.30 Å². The fourth-order valence-corrected chi connectivity index (χ4v) is 6.58. The van der Waals surface area contributed by atoms with Crippen molar-refractivity contribution in [2.75, 3.05) is 19.7 Å². The minimum atomic E-state index is -3.62. The fourth-order valence-electron chi connectivity index (χ4n) is 3.89. The molecule has 1 aromatic heterocycles. The molecule has 2 aromatic rings. The van der Waals surface area contributed by atoms with Crippen LogP contribution in [0.15, 0.2) is 34.2 Å². The van der Waals surface area contributed by atoms with Crippen molar-refractivity contribution >= 4 is 33.2 Å². The molecule has 2 heterocycles. The Balaban J connectivity index is 1.84. The first-order chi connectivity index (χ1) is 15.0. The highest BCUT2D eigenvalue weighted by molar-refractivity contribution is 7.89. The maximum atomic E-state index is 13.0. The smallest absolute Gasteiger partial charge is 0.350 e. The van der Waals surface area contributed by atoms with Crippen molar-refractivity contribution in [2.24, 2.45) is 23.9 Å². The first kappa shape index (κ1) is 24.3. The summed E-state index contributed by atoms with van der Waals surface area (Å²) in [7, 11) is -1.90. The topological polar surface area (TPSA) is 98.0 Å². The van der Waals surface area contributed by atoms with Gasteiger partial charge in [-0.05, 0) is 56.4 Å². The molecule has 32 heavy (non-hydrogen) atoms. The molecule has 0 unspecified atom stereocenters. The Morgan fingerprint density at radius 2 is 1.75 bits per heavy atom. The van der Waals surface area contributed by atoms with Gasteiger partial charge in [0.1, 0.15) is 4.88 Å². The zero-order valence-corrected chi connectivity index (χ0v) is 20.6. The predicted octanol–water partition coefficient (Wildman–Crippen LogP) is 2.98. The van der Waals surface area contributed by atoms with E-state index in [0.29, 0.717) is 40.3 Å². The van der Waals surface area contributed by atoms with Crippen molar-refractivity contribution in [3.63, 3.8) is 0 Å². The number of aromatic nitrogens is 1. The standard InChI is InChI=1S/C22H29N3O5S2/c1-6-30-21(27)19-16(4)24(5)22(31-19)23-20(26)17-7-9-18(10-8-17)32(28,29)25-12-14(2)11-15(3)13-25/h7-10,14-15H,6,11-13H2,1-5H3/t14-,15-/m0/s1. The van der Waals surface area contributed by atoms with E-state index in [2.05, 4.69) is 18.8 Å². The number of nitrogens with zero attached hydrogens (tertiary/aromatic N) is 3. The van der Waals surface area contributed by atoms with Gasteiger partial charge in [0.25, 0.3) is 5.91 Å².